The van der Waals surface area contributed by atoms with Crippen LogP contribution in [-0.2, 0) is 19.6 Å². The molecule has 1 aliphatic carbocycles. The van der Waals surface area contributed by atoms with Gasteiger partial charge in [0.25, 0.3) is 0 Å². The minimum absolute atomic E-state index is 0.103. The van der Waals surface area contributed by atoms with Gasteiger partial charge in [-0.3, -0.25) is 9.59 Å². The topological polar surface area (TPSA) is 128 Å². The number of rotatable bonds is 3. The summed E-state index contributed by atoms with van der Waals surface area (Å²) in [6.07, 6.45) is 2.53. The van der Waals surface area contributed by atoms with Crippen molar-refractivity contribution in [3.63, 3.8) is 0 Å². The summed E-state index contributed by atoms with van der Waals surface area (Å²) in [5.74, 6) is -0.0179. The van der Waals surface area contributed by atoms with Crippen LogP contribution in [0.2, 0.25) is 0 Å². The number of aliphatic hydroxyl groups is 2. The summed E-state index contributed by atoms with van der Waals surface area (Å²) in [6.45, 7) is 2.49. The van der Waals surface area contributed by atoms with Crippen molar-refractivity contribution in [2.45, 2.75) is 26.6 Å². The van der Waals surface area contributed by atoms with E-state index in [0.717, 1.165) is 27.6 Å². The summed E-state index contributed by atoms with van der Waals surface area (Å²) < 4.78 is 5.70. The van der Waals surface area contributed by atoms with Gasteiger partial charge >= 0.3 is 0 Å². The highest BCUT2D eigenvalue weighted by Gasteiger charge is 2.32. The summed E-state index contributed by atoms with van der Waals surface area (Å²) in [5, 5.41) is 43.5. The fourth-order valence-corrected chi connectivity index (χ4v) is 6.65. The first-order valence-corrected chi connectivity index (χ1v) is 12.2. The van der Waals surface area contributed by atoms with E-state index in [9.17, 15) is 24.9 Å². The highest BCUT2D eigenvalue weighted by Crippen LogP contribution is 2.54. The maximum Gasteiger partial charge on any atom is 0.190 e. The van der Waals surface area contributed by atoms with Gasteiger partial charge in [0, 0.05) is 40.4 Å². The Bertz CT molecular complexity index is 1980. The SMILES string of the molecule is COc1c(O)c2c(=O)cc(CO)c3c4c(CO)cc(=O)c5c6c(c7c(c(c1CC(C)=C7)c23)c54)NCCN6. The van der Waals surface area contributed by atoms with Gasteiger partial charge in [-0.25, -0.2) is 0 Å². The van der Waals surface area contributed by atoms with Gasteiger partial charge in [-0.05, 0) is 52.8 Å². The number of hydrogen-bond acceptors (Lipinski definition) is 8. The Hall–Kier alpha value is -4.14. The number of hydrogen-bond donors (Lipinski definition) is 5. The summed E-state index contributed by atoms with van der Waals surface area (Å²) in [4.78, 5) is 27.0. The zero-order valence-electron chi connectivity index (χ0n) is 20.3. The monoisotopic (exact) mass is 496 g/mol. The van der Waals surface area contributed by atoms with E-state index in [1.54, 1.807) is 0 Å². The van der Waals surface area contributed by atoms with Crippen molar-refractivity contribution >= 4 is 60.5 Å². The molecule has 7 rings (SSSR count). The van der Waals surface area contributed by atoms with Crippen molar-refractivity contribution in [3.05, 3.63) is 60.4 Å². The van der Waals surface area contributed by atoms with E-state index in [0.29, 0.717) is 68.8 Å². The fourth-order valence-electron chi connectivity index (χ4n) is 6.65. The number of phenols is 1. The summed E-state index contributed by atoms with van der Waals surface area (Å²) in [7, 11) is 1.47. The van der Waals surface area contributed by atoms with Crippen LogP contribution in [0.5, 0.6) is 11.5 Å². The largest absolute Gasteiger partial charge is 0.504 e. The first kappa shape index (κ1) is 22.1. The van der Waals surface area contributed by atoms with Gasteiger partial charge in [-0.15, -0.1) is 0 Å². The third kappa shape index (κ3) is 2.58. The lowest BCUT2D eigenvalue weighted by molar-refractivity contribution is 0.282. The molecule has 0 saturated heterocycles. The molecule has 0 aromatic heterocycles. The Balaban J connectivity index is 2.00. The zero-order valence-corrected chi connectivity index (χ0v) is 20.3. The molecule has 186 valence electrons. The molecule has 8 nitrogen and oxygen atoms in total. The average molecular weight is 497 g/mol. The predicted octanol–water partition coefficient (Wildman–Crippen LogP) is 3.39. The van der Waals surface area contributed by atoms with E-state index in [-0.39, 0.29) is 22.3 Å². The Kier molecular flexibility index (Phi) is 4.44. The van der Waals surface area contributed by atoms with E-state index < -0.39 is 18.6 Å². The van der Waals surface area contributed by atoms with E-state index in [1.807, 2.05) is 6.92 Å². The number of aliphatic hydroxyl groups excluding tert-OH is 2. The second kappa shape index (κ2) is 7.44. The molecule has 1 aliphatic heterocycles. The molecule has 0 fully saturated rings. The van der Waals surface area contributed by atoms with Gasteiger partial charge in [0.1, 0.15) is 0 Å². The zero-order chi connectivity index (χ0) is 25.7. The molecule has 0 radical (unpaired) electrons. The molecule has 5 aromatic rings. The van der Waals surface area contributed by atoms with Crippen molar-refractivity contribution in [3.8, 4) is 11.5 Å². The standard InChI is InChI=1S/C29H24N2O6/c1-11-5-14-20-21-15(6-11)29(37-2)28(36)23-17(35)8-13(10-33)19(25(21)23)18-12(9-32)7-16(34)22(24(18)20)27-26(14)30-3-4-31-27/h5,7-8,30-33,36H,3-4,6,9-10H2,1-2H3. The number of nitrogens with one attached hydrogen (secondary N) is 2. The molecule has 0 unspecified atom stereocenters. The second-order valence-electron chi connectivity index (χ2n) is 9.93. The van der Waals surface area contributed by atoms with Gasteiger partial charge < -0.3 is 30.7 Å². The van der Waals surface area contributed by atoms with Crippen LogP contribution in [0.15, 0.2) is 27.3 Å². The maximum atomic E-state index is 13.6. The molecule has 0 amide bonds. The van der Waals surface area contributed by atoms with E-state index >= 15 is 0 Å². The van der Waals surface area contributed by atoms with Crippen LogP contribution in [0.25, 0.3) is 49.2 Å². The molecule has 0 bridgehead atoms. The highest BCUT2D eigenvalue weighted by atomic mass is 16.5. The molecule has 37 heavy (non-hydrogen) atoms. The number of fused-ring (bicyclic) bond motifs is 4. The van der Waals surface area contributed by atoms with Gasteiger partial charge in [-0.1, -0.05) is 11.6 Å². The second-order valence-corrected chi connectivity index (χ2v) is 9.93. The van der Waals surface area contributed by atoms with Crippen LogP contribution in [-0.4, -0.2) is 35.5 Å². The molecular formula is C29H24N2O6. The Morgan fingerprint density at radius 2 is 1.41 bits per heavy atom. The molecule has 5 aromatic carbocycles. The van der Waals surface area contributed by atoms with Gasteiger partial charge in [0.15, 0.2) is 22.4 Å². The lowest BCUT2D eigenvalue weighted by Crippen LogP contribution is -2.23. The number of methoxy groups -OCH3 is 1. The molecular weight excluding hydrogens is 472 g/mol. The van der Waals surface area contributed by atoms with Crippen LogP contribution in [0, 0.1) is 0 Å². The van der Waals surface area contributed by atoms with Crippen LogP contribution in [0.4, 0.5) is 11.4 Å². The van der Waals surface area contributed by atoms with Gasteiger partial charge in [0.05, 0.1) is 42.5 Å². The van der Waals surface area contributed by atoms with E-state index in [4.69, 9.17) is 4.74 Å². The smallest absolute Gasteiger partial charge is 0.190 e. The summed E-state index contributed by atoms with van der Waals surface area (Å²) >= 11 is 0. The Morgan fingerprint density at radius 1 is 0.811 bits per heavy atom. The number of allylic oxidation sites excluding steroid dienone is 1. The lowest BCUT2D eigenvalue weighted by atomic mass is 9.81. The number of aromatic hydroxyl groups is 1. The first-order valence-electron chi connectivity index (χ1n) is 12.2. The third-order valence-electron chi connectivity index (χ3n) is 7.93. The Morgan fingerprint density at radius 3 is 2.03 bits per heavy atom. The lowest BCUT2D eigenvalue weighted by Gasteiger charge is -2.28. The van der Waals surface area contributed by atoms with Crippen LogP contribution < -0.4 is 26.2 Å². The molecule has 0 atom stereocenters. The molecule has 0 saturated carbocycles. The van der Waals surface area contributed by atoms with E-state index in [2.05, 4.69) is 16.7 Å². The molecule has 0 spiro atoms. The van der Waals surface area contributed by atoms with Crippen molar-refractivity contribution in [1.82, 2.24) is 0 Å². The predicted molar refractivity (Wildman–Crippen MR) is 146 cm³/mol. The fraction of sp³-hybridized carbons (Fsp3) is 0.241. The average Bonchev–Trinajstić information content (AvgIpc) is 3.05. The maximum absolute atomic E-state index is 13.6. The number of phenolic OH excluding ortho intramolecular Hbond substituents is 1. The van der Waals surface area contributed by atoms with Crippen LogP contribution in [0.3, 0.4) is 0 Å². The molecule has 2 aliphatic rings. The number of benzene rings is 5. The number of anilines is 2. The normalized spacial score (nSPS) is 14.8. The third-order valence-corrected chi connectivity index (χ3v) is 7.93. The minimum Gasteiger partial charge on any atom is -0.504 e. The van der Waals surface area contributed by atoms with Gasteiger partial charge in [0.2, 0.25) is 0 Å². The molecule has 1 heterocycles. The van der Waals surface area contributed by atoms with E-state index in [1.165, 1.54) is 19.2 Å². The van der Waals surface area contributed by atoms with Crippen molar-refractivity contribution in [2.24, 2.45) is 0 Å². The highest BCUT2D eigenvalue weighted by molar-refractivity contribution is 6.39. The minimum atomic E-state index is -0.430. The van der Waals surface area contributed by atoms with Crippen molar-refractivity contribution in [2.75, 3.05) is 30.8 Å². The van der Waals surface area contributed by atoms with Crippen molar-refractivity contribution < 1.29 is 20.1 Å². The van der Waals surface area contributed by atoms with Crippen LogP contribution >= 0.6 is 0 Å². The van der Waals surface area contributed by atoms with Crippen molar-refractivity contribution in [1.29, 1.82) is 0 Å². The van der Waals surface area contributed by atoms with Gasteiger partial charge in [-0.2, -0.15) is 0 Å². The quantitative estimate of drug-likeness (QED) is 0.190. The molecule has 8 heteroatoms. The summed E-state index contributed by atoms with van der Waals surface area (Å²) in [6, 6.07) is 2.76. The number of ether oxygens (including phenoxy) is 1. The Labute approximate surface area is 210 Å². The first-order chi connectivity index (χ1) is 17.9. The molecule has 5 N–H and O–H groups in total. The van der Waals surface area contributed by atoms with Crippen LogP contribution in [0.1, 0.15) is 29.2 Å². The summed E-state index contributed by atoms with van der Waals surface area (Å²) in [5.41, 5.74) is 4.26.